The lowest BCUT2D eigenvalue weighted by Crippen LogP contribution is -1.95. The fourth-order valence-corrected chi connectivity index (χ4v) is 2.30. The molecule has 0 aliphatic rings. The summed E-state index contributed by atoms with van der Waals surface area (Å²) in [6, 6.07) is 9.44. The minimum absolute atomic E-state index is 0.115. The minimum atomic E-state index is -0.180. The van der Waals surface area contributed by atoms with Gasteiger partial charge < -0.3 is 14.9 Å². The molecule has 2 aromatic carbocycles. The Hall–Kier alpha value is -3.01. The Kier molecular flexibility index (Phi) is 6.01. The maximum atomic E-state index is 12.2. The topological polar surface area (TPSA) is 66.8 Å². The maximum absolute atomic E-state index is 12.2. The zero-order chi connectivity index (χ0) is 18.4. The summed E-state index contributed by atoms with van der Waals surface area (Å²) in [4.78, 5) is 12.2. The number of ketones is 1. The van der Waals surface area contributed by atoms with Gasteiger partial charge in [-0.3, -0.25) is 4.79 Å². The molecular weight excluding hydrogens is 316 g/mol. The van der Waals surface area contributed by atoms with Crippen LogP contribution in [0.1, 0.15) is 35.3 Å². The molecule has 0 heterocycles. The van der Waals surface area contributed by atoms with Crippen molar-refractivity contribution in [2.24, 2.45) is 0 Å². The summed E-state index contributed by atoms with van der Waals surface area (Å²) >= 11 is 0. The Balaban J connectivity index is 2.30. The van der Waals surface area contributed by atoms with E-state index in [1.54, 1.807) is 24.3 Å². The van der Waals surface area contributed by atoms with Crippen LogP contribution in [0.2, 0.25) is 0 Å². The van der Waals surface area contributed by atoms with E-state index < -0.39 is 0 Å². The summed E-state index contributed by atoms with van der Waals surface area (Å²) in [5.74, 6) is 0.593. The van der Waals surface area contributed by atoms with E-state index in [1.807, 2.05) is 26.0 Å². The number of phenolic OH excluding ortho intramolecular Hbond substituents is 2. The summed E-state index contributed by atoms with van der Waals surface area (Å²) in [5.41, 5.74) is 3.12. The molecule has 0 saturated carbocycles. The molecule has 0 unspecified atom stereocenters. The van der Waals surface area contributed by atoms with Gasteiger partial charge in [0.25, 0.3) is 0 Å². The summed E-state index contributed by atoms with van der Waals surface area (Å²) in [5, 5.41) is 19.4. The Morgan fingerprint density at radius 1 is 1.12 bits per heavy atom. The molecule has 0 aromatic heterocycles. The van der Waals surface area contributed by atoms with Gasteiger partial charge in [-0.2, -0.15) is 0 Å². The van der Waals surface area contributed by atoms with Crippen molar-refractivity contribution >= 4 is 11.9 Å². The monoisotopic (exact) mass is 338 g/mol. The van der Waals surface area contributed by atoms with Gasteiger partial charge in [0.15, 0.2) is 5.78 Å². The lowest BCUT2D eigenvalue weighted by molar-refractivity contribution is 0.104. The number of allylic oxidation sites excluding steroid dienone is 3. The van der Waals surface area contributed by atoms with Gasteiger partial charge in [-0.05, 0) is 68.3 Å². The van der Waals surface area contributed by atoms with E-state index in [9.17, 15) is 15.0 Å². The van der Waals surface area contributed by atoms with E-state index in [0.29, 0.717) is 23.3 Å². The predicted octanol–water partition coefficient (Wildman–Crippen LogP) is 4.51. The van der Waals surface area contributed by atoms with Crippen molar-refractivity contribution in [3.05, 3.63) is 70.8 Å². The van der Waals surface area contributed by atoms with Crippen LogP contribution in [0.15, 0.2) is 54.1 Å². The van der Waals surface area contributed by atoms with Crippen LogP contribution in [0, 0.1) is 0 Å². The third-order valence-corrected chi connectivity index (χ3v) is 3.73. The van der Waals surface area contributed by atoms with Crippen molar-refractivity contribution < 1.29 is 19.7 Å². The highest BCUT2D eigenvalue weighted by molar-refractivity contribution is 6.07. The fourth-order valence-electron chi connectivity index (χ4n) is 2.30. The molecule has 2 rings (SSSR count). The van der Waals surface area contributed by atoms with E-state index in [4.69, 9.17) is 4.74 Å². The van der Waals surface area contributed by atoms with Crippen LogP contribution in [-0.4, -0.2) is 23.1 Å². The number of hydrogen-bond acceptors (Lipinski definition) is 4. The van der Waals surface area contributed by atoms with E-state index in [0.717, 1.165) is 11.1 Å². The highest BCUT2D eigenvalue weighted by Gasteiger charge is 2.09. The Morgan fingerprint density at radius 2 is 1.80 bits per heavy atom. The molecule has 0 amide bonds. The number of aromatic hydroxyl groups is 2. The van der Waals surface area contributed by atoms with Crippen molar-refractivity contribution in [1.29, 1.82) is 0 Å². The average molecular weight is 338 g/mol. The summed E-state index contributed by atoms with van der Waals surface area (Å²) in [6.45, 7) is 4.00. The number of carbonyl (C=O) groups excluding carboxylic acids is 1. The SMILES string of the molecule is COc1cc(O)c(CC=C(C)C)cc1C=CC(=O)c1ccc(O)cc1. The number of hydrogen-bond donors (Lipinski definition) is 2. The van der Waals surface area contributed by atoms with E-state index in [1.165, 1.54) is 25.3 Å². The van der Waals surface area contributed by atoms with E-state index in [-0.39, 0.29) is 17.3 Å². The van der Waals surface area contributed by atoms with Crippen molar-refractivity contribution in [2.45, 2.75) is 20.3 Å². The number of ether oxygens (including phenoxy) is 1. The molecule has 0 atom stereocenters. The van der Waals surface area contributed by atoms with Crippen LogP contribution in [0.5, 0.6) is 17.2 Å². The third-order valence-electron chi connectivity index (χ3n) is 3.73. The Labute approximate surface area is 147 Å². The van der Waals surface area contributed by atoms with E-state index in [2.05, 4.69) is 0 Å². The van der Waals surface area contributed by atoms with Crippen LogP contribution in [0.25, 0.3) is 6.08 Å². The molecule has 4 heteroatoms. The molecule has 0 spiro atoms. The number of carbonyl (C=O) groups is 1. The second kappa shape index (κ2) is 8.20. The summed E-state index contributed by atoms with van der Waals surface area (Å²) < 4.78 is 5.29. The Bertz CT molecular complexity index is 811. The van der Waals surface area contributed by atoms with Crippen molar-refractivity contribution in [3.8, 4) is 17.2 Å². The van der Waals surface area contributed by atoms with Gasteiger partial charge in [0.2, 0.25) is 0 Å². The standard InChI is InChI=1S/C21H22O4/c1-14(2)4-5-16-12-17(21(25-3)13-20(16)24)8-11-19(23)15-6-9-18(22)10-7-15/h4,6-13,22,24H,5H2,1-3H3. The second-order valence-corrected chi connectivity index (χ2v) is 5.95. The zero-order valence-corrected chi connectivity index (χ0v) is 14.6. The number of rotatable bonds is 6. The van der Waals surface area contributed by atoms with Crippen molar-refractivity contribution in [2.75, 3.05) is 7.11 Å². The van der Waals surface area contributed by atoms with Crippen LogP contribution >= 0.6 is 0 Å². The Morgan fingerprint density at radius 3 is 2.40 bits per heavy atom. The van der Waals surface area contributed by atoms with Gasteiger partial charge >= 0.3 is 0 Å². The number of methoxy groups -OCH3 is 1. The lowest BCUT2D eigenvalue weighted by atomic mass is 10.0. The molecule has 25 heavy (non-hydrogen) atoms. The number of phenols is 2. The molecule has 0 radical (unpaired) electrons. The normalized spacial score (nSPS) is 10.7. The van der Waals surface area contributed by atoms with Crippen LogP contribution in [-0.2, 0) is 6.42 Å². The molecule has 2 aromatic rings. The van der Waals surface area contributed by atoms with Gasteiger partial charge in [-0.15, -0.1) is 0 Å². The minimum Gasteiger partial charge on any atom is -0.508 e. The molecule has 0 fully saturated rings. The van der Waals surface area contributed by atoms with Crippen molar-refractivity contribution in [3.63, 3.8) is 0 Å². The van der Waals surface area contributed by atoms with Crippen molar-refractivity contribution in [1.82, 2.24) is 0 Å². The third kappa shape index (κ3) is 4.98. The van der Waals surface area contributed by atoms with Crippen LogP contribution in [0.3, 0.4) is 0 Å². The second-order valence-electron chi connectivity index (χ2n) is 5.95. The van der Waals surface area contributed by atoms with Gasteiger partial charge in [-0.25, -0.2) is 0 Å². The highest BCUT2D eigenvalue weighted by atomic mass is 16.5. The molecule has 0 saturated heterocycles. The predicted molar refractivity (Wildman–Crippen MR) is 99.3 cm³/mol. The smallest absolute Gasteiger partial charge is 0.185 e. The molecule has 2 N–H and O–H groups in total. The van der Waals surface area contributed by atoms with Gasteiger partial charge in [0.1, 0.15) is 17.2 Å². The van der Waals surface area contributed by atoms with Crippen LogP contribution < -0.4 is 4.74 Å². The molecule has 0 aliphatic heterocycles. The number of benzene rings is 2. The molecular formula is C21H22O4. The molecule has 0 aliphatic carbocycles. The first kappa shape index (κ1) is 18.3. The quantitative estimate of drug-likeness (QED) is 0.462. The zero-order valence-electron chi connectivity index (χ0n) is 14.6. The van der Waals surface area contributed by atoms with Gasteiger partial charge in [0, 0.05) is 17.2 Å². The van der Waals surface area contributed by atoms with E-state index >= 15 is 0 Å². The highest BCUT2D eigenvalue weighted by Crippen LogP contribution is 2.30. The maximum Gasteiger partial charge on any atom is 0.185 e. The fraction of sp³-hybridized carbons (Fsp3) is 0.190. The average Bonchev–Trinajstić information content (AvgIpc) is 2.59. The van der Waals surface area contributed by atoms with Gasteiger partial charge in [-0.1, -0.05) is 11.6 Å². The molecule has 130 valence electrons. The summed E-state index contributed by atoms with van der Waals surface area (Å²) in [6.07, 6.45) is 5.74. The first-order chi connectivity index (χ1) is 11.9. The first-order valence-electron chi connectivity index (χ1n) is 7.95. The van der Waals surface area contributed by atoms with Crippen LogP contribution in [0.4, 0.5) is 0 Å². The molecule has 0 bridgehead atoms. The molecule has 4 nitrogen and oxygen atoms in total. The largest absolute Gasteiger partial charge is 0.508 e. The lowest BCUT2D eigenvalue weighted by Gasteiger charge is -2.09. The first-order valence-corrected chi connectivity index (χ1v) is 7.95. The summed E-state index contributed by atoms with van der Waals surface area (Å²) in [7, 11) is 1.52. The van der Waals surface area contributed by atoms with Gasteiger partial charge in [0.05, 0.1) is 7.11 Å².